The molecule has 0 spiro atoms. The van der Waals surface area contributed by atoms with Gasteiger partial charge in [-0.15, -0.1) is 0 Å². The first-order valence-electron chi connectivity index (χ1n) is 5.75. The molecule has 0 bridgehead atoms. The number of hydrogen-bond donors (Lipinski definition) is 3. The lowest BCUT2D eigenvalue weighted by atomic mass is 10.1. The van der Waals surface area contributed by atoms with Crippen molar-refractivity contribution in [3.8, 4) is 0 Å². The number of aromatic amines is 1. The summed E-state index contributed by atoms with van der Waals surface area (Å²) in [4.78, 5) is 0.149. The van der Waals surface area contributed by atoms with Gasteiger partial charge in [0, 0.05) is 18.3 Å². The fourth-order valence-corrected chi connectivity index (χ4v) is 3.24. The summed E-state index contributed by atoms with van der Waals surface area (Å²) in [5, 5.41) is 6.39. The van der Waals surface area contributed by atoms with Crippen molar-refractivity contribution in [2.45, 2.75) is 25.3 Å². The molecule has 1 heterocycles. The van der Waals surface area contributed by atoms with Gasteiger partial charge in [0.2, 0.25) is 10.0 Å². The molecule has 102 valence electrons. The van der Waals surface area contributed by atoms with Crippen molar-refractivity contribution in [1.82, 2.24) is 14.9 Å². The third kappa shape index (κ3) is 2.77. The number of anilines is 1. The number of H-pyrrole nitrogens is 1. The lowest BCUT2D eigenvalue weighted by Gasteiger charge is -2.13. The Kier molecular flexibility index (Phi) is 3.59. The molecule has 0 atom stereocenters. The Morgan fingerprint density at radius 3 is 2.74 bits per heavy atom. The van der Waals surface area contributed by atoms with E-state index >= 15 is 0 Å². The normalized spacial score (nSPS) is 11.7. The first-order chi connectivity index (χ1) is 8.92. The molecule has 4 N–H and O–H groups in total. The zero-order valence-corrected chi connectivity index (χ0v) is 11.6. The number of nitrogens with one attached hydrogen (secondary N) is 2. The van der Waals surface area contributed by atoms with Crippen molar-refractivity contribution in [1.29, 1.82) is 0 Å². The van der Waals surface area contributed by atoms with Gasteiger partial charge >= 0.3 is 0 Å². The molecule has 0 aliphatic heterocycles. The number of nitrogen functional groups attached to an aromatic ring is 1. The van der Waals surface area contributed by atoms with E-state index in [1.807, 2.05) is 6.92 Å². The number of aryl methyl sites for hydroxylation is 1. The molecule has 0 saturated carbocycles. The summed E-state index contributed by atoms with van der Waals surface area (Å²) in [5.74, 6) is 0. The molecule has 1 aromatic heterocycles. The van der Waals surface area contributed by atoms with Gasteiger partial charge in [-0.2, -0.15) is 5.10 Å². The van der Waals surface area contributed by atoms with Gasteiger partial charge < -0.3 is 5.73 Å². The number of nitrogens with two attached hydrogens (primary N) is 1. The molecule has 2 rings (SSSR count). The van der Waals surface area contributed by atoms with Crippen molar-refractivity contribution < 1.29 is 8.42 Å². The van der Waals surface area contributed by atoms with Crippen molar-refractivity contribution >= 4 is 15.7 Å². The Morgan fingerprint density at radius 2 is 2.11 bits per heavy atom. The van der Waals surface area contributed by atoms with Crippen LogP contribution in [0.25, 0.3) is 0 Å². The van der Waals surface area contributed by atoms with Gasteiger partial charge in [-0.3, -0.25) is 5.10 Å². The van der Waals surface area contributed by atoms with Crippen LogP contribution in [0, 0.1) is 13.8 Å². The van der Waals surface area contributed by atoms with Gasteiger partial charge in [-0.25, -0.2) is 13.1 Å². The molecule has 0 unspecified atom stereocenters. The predicted molar refractivity (Wildman–Crippen MR) is 72.9 cm³/mol. The molecule has 7 heteroatoms. The number of benzene rings is 1. The summed E-state index contributed by atoms with van der Waals surface area (Å²) >= 11 is 0. The van der Waals surface area contributed by atoms with E-state index in [1.54, 1.807) is 31.5 Å². The minimum Gasteiger partial charge on any atom is -0.398 e. The molecule has 19 heavy (non-hydrogen) atoms. The Hall–Kier alpha value is -1.86. The topological polar surface area (TPSA) is 101 Å². The Morgan fingerprint density at radius 1 is 1.37 bits per heavy atom. The molecular formula is C12H16N4O2S. The summed E-state index contributed by atoms with van der Waals surface area (Å²) in [6.45, 7) is 3.77. The second-order valence-corrected chi connectivity index (χ2v) is 6.06. The van der Waals surface area contributed by atoms with E-state index in [-0.39, 0.29) is 17.1 Å². The first-order valence-corrected chi connectivity index (χ1v) is 7.23. The average Bonchev–Trinajstić information content (AvgIpc) is 2.85. The summed E-state index contributed by atoms with van der Waals surface area (Å²) < 4.78 is 27.1. The second-order valence-electron chi connectivity index (χ2n) is 4.36. The Bertz CT molecular complexity index is 678. The third-order valence-electron chi connectivity index (χ3n) is 3.00. The van der Waals surface area contributed by atoms with Crippen LogP contribution >= 0.6 is 0 Å². The summed E-state index contributed by atoms with van der Waals surface area (Å²) in [6.07, 6.45) is 3.20. The van der Waals surface area contributed by atoms with E-state index in [1.165, 1.54) is 0 Å². The Labute approximate surface area is 112 Å². The van der Waals surface area contributed by atoms with Gasteiger partial charge in [0.05, 0.1) is 11.9 Å². The molecule has 0 saturated heterocycles. The Balaban J connectivity index is 2.32. The number of nitrogens with zero attached hydrogens (tertiary/aromatic N) is 1. The highest BCUT2D eigenvalue weighted by molar-refractivity contribution is 7.89. The molecule has 0 fully saturated rings. The zero-order valence-electron chi connectivity index (χ0n) is 10.8. The van der Waals surface area contributed by atoms with Crippen LogP contribution in [0.2, 0.25) is 0 Å². The highest BCUT2D eigenvalue weighted by Crippen LogP contribution is 2.25. The van der Waals surface area contributed by atoms with Crippen LogP contribution in [-0.4, -0.2) is 18.6 Å². The van der Waals surface area contributed by atoms with Crippen LogP contribution < -0.4 is 10.5 Å². The van der Waals surface area contributed by atoms with Gasteiger partial charge in [-0.1, -0.05) is 6.07 Å². The monoisotopic (exact) mass is 280 g/mol. The van der Waals surface area contributed by atoms with E-state index < -0.39 is 10.0 Å². The summed E-state index contributed by atoms with van der Waals surface area (Å²) in [7, 11) is -3.64. The summed E-state index contributed by atoms with van der Waals surface area (Å²) in [5.41, 5.74) is 8.35. The van der Waals surface area contributed by atoms with Crippen LogP contribution in [0.3, 0.4) is 0 Å². The minimum absolute atomic E-state index is 0.149. The van der Waals surface area contributed by atoms with Crippen LogP contribution in [0.15, 0.2) is 29.4 Å². The van der Waals surface area contributed by atoms with Crippen molar-refractivity contribution in [3.05, 3.63) is 41.2 Å². The third-order valence-corrected chi connectivity index (χ3v) is 4.60. The first kappa shape index (κ1) is 13.6. The van der Waals surface area contributed by atoms with E-state index in [4.69, 9.17) is 5.73 Å². The fraction of sp³-hybridized carbons (Fsp3) is 0.250. The van der Waals surface area contributed by atoms with E-state index in [2.05, 4.69) is 14.9 Å². The smallest absolute Gasteiger partial charge is 0.243 e. The minimum atomic E-state index is -3.64. The lowest BCUT2D eigenvalue weighted by molar-refractivity contribution is 0.581. The molecule has 0 aliphatic carbocycles. The maximum Gasteiger partial charge on any atom is 0.243 e. The lowest BCUT2D eigenvalue weighted by Crippen LogP contribution is -2.25. The highest BCUT2D eigenvalue weighted by Gasteiger charge is 2.20. The highest BCUT2D eigenvalue weighted by atomic mass is 32.2. The molecule has 1 aromatic carbocycles. The van der Waals surface area contributed by atoms with Crippen molar-refractivity contribution in [2.75, 3.05) is 5.73 Å². The molecule has 0 aliphatic rings. The fourth-order valence-electron chi connectivity index (χ4n) is 1.79. The predicted octanol–water partition coefficient (Wildman–Crippen LogP) is 1.09. The zero-order chi connectivity index (χ0) is 14.0. The number of rotatable bonds is 4. The van der Waals surface area contributed by atoms with E-state index in [0.717, 1.165) is 11.1 Å². The molecule has 2 aromatic rings. The molecule has 0 radical (unpaired) electrons. The van der Waals surface area contributed by atoms with Crippen LogP contribution in [0.1, 0.15) is 16.7 Å². The van der Waals surface area contributed by atoms with Gasteiger partial charge in [0.1, 0.15) is 4.90 Å². The maximum absolute atomic E-state index is 12.3. The quantitative estimate of drug-likeness (QED) is 0.730. The molecule has 0 amide bonds. The molecule has 6 nitrogen and oxygen atoms in total. The average molecular weight is 280 g/mol. The van der Waals surface area contributed by atoms with Gasteiger partial charge in [0.15, 0.2) is 0 Å². The van der Waals surface area contributed by atoms with E-state index in [9.17, 15) is 8.42 Å². The van der Waals surface area contributed by atoms with Crippen LogP contribution in [0.5, 0.6) is 0 Å². The van der Waals surface area contributed by atoms with Crippen LogP contribution in [-0.2, 0) is 16.6 Å². The van der Waals surface area contributed by atoms with Gasteiger partial charge in [-0.05, 0) is 31.0 Å². The second kappa shape index (κ2) is 5.02. The van der Waals surface area contributed by atoms with Gasteiger partial charge in [0.25, 0.3) is 0 Å². The number of aromatic nitrogens is 2. The largest absolute Gasteiger partial charge is 0.398 e. The van der Waals surface area contributed by atoms with Crippen LogP contribution in [0.4, 0.5) is 5.69 Å². The standard InChI is InChI=1S/C12H16N4O2S/c1-8-3-4-11(13)12(9(8)2)19(17,18)16-7-10-5-14-15-6-10/h3-6,16H,7,13H2,1-2H3,(H,14,15). The number of sulfonamides is 1. The molecular weight excluding hydrogens is 264 g/mol. The number of hydrogen-bond acceptors (Lipinski definition) is 4. The summed E-state index contributed by atoms with van der Waals surface area (Å²) in [6, 6.07) is 3.41. The maximum atomic E-state index is 12.3. The SMILES string of the molecule is Cc1ccc(N)c(S(=O)(=O)NCc2cn[nH]c2)c1C. The van der Waals surface area contributed by atoms with Crippen molar-refractivity contribution in [2.24, 2.45) is 0 Å². The van der Waals surface area contributed by atoms with Crippen molar-refractivity contribution in [3.63, 3.8) is 0 Å². The van der Waals surface area contributed by atoms with E-state index in [0.29, 0.717) is 5.56 Å².